The molecule has 0 amide bonds. The molecule has 1 aliphatic rings. The normalized spacial score (nSPS) is 25.1. The Morgan fingerprint density at radius 1 is 1.58 bits per heavy atom. The summed E-state index contributed by atoms with van der Waals surface area (Å²) in [6.07, 6.45) is 1.09. The number of ether oxygens (including phenoxy) is 1. The Morgan fingerprint density at radius 3 is 3.00 bits per heavy atom. The van der Waals surface area contributed by atoms with E-state index in [1.165, 1.54) is 6.42 Å². The van der Waals surface area contributed by atoms with Crippen LogP contribution in [0.25, 0.3) is 0 Å². The van der Waals surface area contributed by atoms with Crippen LogP contribution in [0.1, 0.15) is 38.1 Å². The second kappa shape index (κ2) is 5.98. The Balaban J connectivity index is 1.88. The monoisotopic (exact) mass is 268 g/mol. The number of hydrogen-bond acceptors (Lipinski definition) is 6. The fourth-order valence-corrected chi connectivity index (χ4v) is 2.54. The highest BCUT2D eigenvalue weighted by Gasteiger charge is 2.30. The Morgan fingerprint density at radius 2 is 2.37 bits per heavy atom. The van der Waals surface area contributed by atoms with E-state index >= 15 is 0 Å². The minimum Gasteiger partial charge on any atom is -0.374 e. The minimum absolute atomic E-state index is 0.126. The average molecular weight is 268 g/mol. The van der Waals surface area contributed by atoms with Crippen molar-refractivity contribution in [3.05, 3.63) is 11.7 Å². The molecular formula is C13H24N4O2. The molecular weight excluding hydrogens is 244 g/mol. The van der Waals surface area contributed by atoms with Crippen LogP contribution in [0.5, 0.6) is 0 Å². The molecule has 0 saturated carbocycles. The lowest BCUT2D eigenvalue weighted by molar-refractivity contribution is 0.109. The number of methoxy groups -OCH3 is 1. The fourth-order valence-electron chi connectivity index (χ4n) is 2.54. The minimum atomic E-state index is -0.126. The van der Waals surface area contributed by atoms with Crippen molar-refractivity contribution in [2.24, 2.45) is 5.41 Å². The quantitative estimate of drug-likeness (QED) is 0.836. The Kier molecular flexibility index (Phi) is 4.54. The van der Waals surface area contributed by atoms with Gasteiger partial charge in [-0.05, 0) is 32.4 Å². The third-order valence-corrected chi connectivity index (χ3v) is 3.71. The summed E-state index contributed by atoms with van der Waals surface area (Å²) in [6.45, 7) is 8.11. The highest BCUT2D eigenvalue weighted by molar-refractivity contribution is 4.91. The van der Waals surface area contributed by atoms with Gasteiger partial charge in [0, 0.05) is 20.2 Å². The van der Waals surface area contributed by atoms with Crippen LogP contribution < -0.4 is 5.32 Å². The molecule has 0 radical (unpaired) electrons. The van der Waals surface area contributed by atoms with Gasteiger partial charge in [-0.25, -0.2) is 0 Å². The van der Waals surface area contributed by atoms with E-state index < -0.39 is 0 Å². The molecule has 6 nitrogen and oxygen atoms in total. The maximum atomic E-state index is 5.26. The second-order valence-electron chi connectivity index (χ2n) is 5.83. The molecule has 1 fully saturated rings. The van der Waals surface area contributed by atoms with Crippen LogP contribution in [0.3, 0.4) is 0 Å². The zero-order valence-electron chi connectivity index (χ0n) is 12.3. The van der Waals surface area contributed by atoms with Crippen molar-refractivity contribution in [1.29, 1.82) is 0 Å². The summed E-state index contributed by atoms with van der Waals surface area (Å²) >= 11 is 0. The van der Waals surface area contributed by atoms with Gasteiger partial charge in [0.1, 0.15) is 6.10 Å². The number of nitrogens with zero attached hydrogens (tertiary/aromatic N) is 3. The Hall–Kier alpha value is -0.980. The zero-order chi connectivity index (χ0) is 13.9. The van der Waals surface area contributed by atoms with E-state index in [0.717, 1.165) is 19.6 Å². The molecule has 108 valence electrons. The molecule has 0 aromatic carbocycles. The van der Waals surface area contributed by atoms with Crippen molar-refractivity contribution >= 4 is 0 Å². The highest BCUT2D eigenvalue weighted by atomic mass is 16.5. The van der Waals surface area contributed by atoms with Gasteiger partial charge in [-0.1, -0.05) is 12.1 Å². The van der Waals surface area contributed by atoms with Crippen molar-refractivity contribution in [3.63, 3.8) is 0 Å². The van der Waals surface area contributed by atoms with E-state index in [1.54, 1.807) is 7.11 Å². The van der Waals surface area contributed by atoms with E-state index in [9.17, 15) is 0 Å². The predicted molar refractivity (Wildman–Crippen MR) is 71.6 cm³/mol. The molecule has 1 aromatic heterocycles. The maximum Gasteiger partial charge on any atom is 0.240 e. The summed E-state index contributed by atoms with van der Waals surface area (Å²) in [5.41, 5.74) is 0.345. The fraction of sp³-hybridized carbons (Fsp3) is 0.846. The van der Waals surface area contributed by atoms with E-state index in [-0.39, 0.29) is 6.10 Å². The van der Waals surface area contributed by atoms with Crippen molar-refractivity contribution in [2.75, 3.05) is 33.8 Å². The maximum absolute atomic E-state index is 5.26. The molecule has 2 unspecified atom stereocenters. The zero-order valence-corrected chi connectivity index (χ0v) is 12.3. The summed E-state index contributed by atoms with van der Waals surface area (Å²) < 4.78 is 10.4. The molecule has 1 aliphatic heterocycles. The average Bonchev–Trinajstić information content (AvgIpc) is 2.97. The SMILES string of the molecule is COC(C)c1noc(CN(C)CC2(C)CCNC2)n1. The van der Waals surface area contributed by atoms with Crippen LogP contribution in [0.4, 0.5) is 0 Å². The molecule has 0 spiro atoms. The van der Waals surface area contributed by atoms with Gasteiger partial charge in [0.15, 0.2) is 5.82 Å². The second-order valence-corrected chi connectivity index (χ2v) is 5.83. The largest absolute Gasteiger partial charge is 0.374 e. The number of hydrogen-bond donors (Lipinski definition) is 1. The molecule has 2 rings (SSSR count). The van der Waals surface area contributed by atoms with Gasteiger partial charge in [-0.15, -0.1) is 0 Å². The number of aromatic nitrogens is 2. The third kappa shape index (κ3) is 3.75. The first-order valence-corrected chi connectivity index (χ1v) is 6.77. The molecule has 19 heavy (non-hydrogen) atoms. The van der Waals surface area contributed by atoms with Crippen LogP contribution in [0, 0.1) is 5.41 Å². The highest BCUT2D eigenvalue weighted by Crippen LogP contribution is 2.25. The van der Waals surface area contributed by atoms with Crippen molar-refractivity contribution in [3.8, 4) is 0 Å². The molecule has 1 N–H and O–H groups in total. The number of rotatable bonds is 6. The summed E-state index contributed by atoms with van der Waals surface area (Å²) in [6, 6.07) is 0. The molecule has 1 aromatic rings. The van der Waals surface area contributed by atoms with Crippen LogP contribution in [0.15, 0.2) is 4.52 Å². The lowest BCUT2D eigenvalue weighted by Gasteiger charge is -2.28. The van der Waals surface area contributed by atoms with Gasteiger partial charge < -0.3 is 14.6 Å². The first-order chi connectivity index (χ1) is 9.02. The first kappa shape index (κ1) is 14.4. The van der Waals surface area contributed by atoms with Gasteiger partial charge in [0.05, 0.1) is 6.54 Å². The summed E-state index contributed by atoms with van der Waals surface area (Å²) in [4.78, 5) is 6.60. The molecule has 1 saturated heterocycles. The standard InChI is InChI=1S/C13H24N4O2/c1-10(18-4)12-15-11(19-16-12)7-17(3)9-13(2)5-6-14-8-13/h10,14H,5-9H2,1-4H3. The molecule has 2 atom stereocenters. The Labute approximate surface area is 114 Å². The topological polar surface area (TPSA) is 63.4 Å². The van der Waals surface area contributed by atoms with Crippen molar-refractivity contribution in [2.45, 2.75) is 32.9 Å². The van der Waals surface area contributed by atoms with Crippen LogP contribution >= 0.6 is 0 Å². The van der Waals surface area contributed by atoms with Crippen molar-refractivity contribution < 1.29 is 9.26 Å². The van der Waals surface area contributed by atoms with E-state index in [1.807, 2.05) is 6.92 Å². The predicted octanol–water partition coefficient (Wildman–Crippen LogP) is 1.21. The van der Waals surface area contributed by atoms with E-state index in [4.69, 9.17) is 9.26 Å². The Bertz CT molecular complexity index is 401. The lowest BCUT2D eigenvalue weighted by atomic mass is 9.89. The molecule has 0 aliphatic carbocycles. The molecule has 0 bridgehead atoms. The van der Waals surface area contributed by atoms with Crippen LogP contribution in [0.2, 0.25) is 0 Å². The van der Waals surface area contributed by atoms with E-state index in [2.05, 4.69) is 34.3 Å². The summed E-state index contributed by atoms with van der Waals surface area (Å²) in [7, 11) is 3.73. The molecule has 2 heterocycles. The van der Waals surface area contributed by atoms with Gasteiger partial charge in [-0.3, -0.25) is 4.90 Å². The smallest absolute Gasteiger partial charge is 0.240 e. The first-order valence-electron chi connectivity index (χ1n) is 6.77. The third-order valence-electron chi connectivity index (χ3n) is 3.71. The van der Waals surface area contributed by atoms with Crippen molar-refractivity contribution in [1.82, 2.24) is 20.4 Å². The number of nitrogens with one attached hydrogen (secondary N) is 1. The van der Waals surface area contributed by atoms with Crippen LogP contribution in [-0.2, 0) is 11.3 Å². The van der Waals surface area contributed by atoms with Gasteiger partial charge >= 0.3 is 0 Å². The summed E-state index contributed by atoms with van der Waals surface area (Å²) in [5.74, 6) is 1.26. The van der Waals surface area contributed by atoms with E-state index in [0.29, 0.717) is 23.7 Å². The van der Waals surface area contributed by atoms with Gasteiger partial charge in [-0.2, -0.15) is 4.98 Å². The lowest BCUT2D eigenvalue weighted by Crippen LogP contribution is -2.34. The van der Waals surface area contributed by atoms with Crippen LogP contribution in [-0.4, -0.2) is 48.8 Å². The van der Waals surface area contributed by atoms with Gasteiger partial charge in [0.25, 0.3) is 0 Å². The van der Waals surface area contributed by atoms with Gasteiger partial charge in [0.2, 0.25) is 5.89 Å². The molecule has 6 heteroatoms. The summed E-state index contributed by atoms with van der Waals surface area (Å²) in [5, 5.41) is 7.35.